The van der Waals surface area contributed by atoms with E-state index in [1.165, 1.54) is 0 Å². The van der Waals surface area contributed by atoms with E-state index in [9.17, 15) is 0 Å². The number of benzene rings is 2. The van der Waals surface area contributed by atoms with Gasteiger partial charge in [-0.05, 0) is 36.4 Å². The second kappa shape index (κ2) is 7.55. The van der Waals surface area contributed by atoms with Crippen molar-refractivity contribution in [3.05, 3.63) is 82.1 Å². The first-order valence-corrected chi connectivity index (χ1v) is 8.14. The number of rotatable bonds is 4. The molecule has 0 saturated heterocycles. The molecule has 122 valence electrons. The van der Waals surface area contributed by atoms with Gasteiger partial charge in [0.2, 0.25) is 5.95 Å². The number of nitriles is 1. The van der Waals surface area contributed by atoms with Crippen LogP contribution in [0.2, 0.25) is 0 Å². The van der Waals surface area contributed by atoms with Crippen LogP contribution < -0.4 is 11.2 Å². The third-order valence-electron chi connectivity index (χ3n) is 3.43. The van der Waals surface area contributed by atoms with E-state index < -0.39 is 0 Å². The number of aromatic nitrogens is 2. The molecule has 0 aliphatic heterocycles. The zero-order valence-corrected chi connectivity index (χ0v) is 14.6. The molecular formula is C18H13BrN6. The Morgan fingerprint density at radius 1 is 1.12 bits per heavy atom. The van der Waals surface area contributed by atoms with Crippen LogP contribution in [0.15, 0.2) is 70.4 Å². The van der Waals surface area contributed by atoms with Crippen molar-refractivity contribution in [1.82, 2.24) is 9.97 Å². The van der Waals surface area contributed by atoms with E-state index >= 15 is 0 Å². The molecule has 0 aliphatic rings. The van der Waals surface area contributed by atoms with Crippen molar-refractivity contribution in [1.29, 1.82) is 5.26 Å². The second-order valence-electron chi connectivity index (χ2n) is 5.04. The minimum absolute atomic E-state index is 0.412. The average molecular weight is 393 g/mol. The van der Waals surface area contributed by atoms with Crippen LogP contribution in [0.3, 0.4) is 0 Å². The normalized spacial score (nSPS) is 11.0. The van der Waals surface area contributed by atoms with Gasteiger partial charge >= 0.3 is 0 Å². The summed E-state index contributed by atoms with van der Waals surface area (Å²) in [5, 5.41) is 15.8. The molecule has 6 nitrogen and oxygen atoms in total. The number of hydrazone groups is 1. The number of anilines is 2. The van der Waals surface area contributed by atoms with E-state index in [-0.39, 0.29) is 0 Å². The molecule has 3 rings (SSSR count). The summed E-state index contributed by atoms with van der Waals surface area (Å²) < 4.78 is 0.874. The van der Waals surface area contributed by atoms with Crippen LogP contribution in [0.1, 0.15) is 16.8 Å². The van der Waals surface area contributed by atoms with Gasteiger partial charge in [-0.25, -0.2) is 9.97 Å². The van der Waals surface area contributed by atoms with E-state index in [2.05, 4.69) is 42.4 Å². The summed E-state index contributed by atoms with van der Waals surface area (Å²) in [4.78, 5) is 8.70. The van der Waals surface area contributed by atoms with Gasteiger partial charge in [0.05, 0.1) is 17.3 Å². The fourth-order valence-corrected chi connectivity index (χ4v) is 2.71. The van der Waals surface area contributed by atoms with Crippen molar-refractivity contribution < 1.29 is 0 Å². The molecule has 3 N–H and O–H groups in total. The third-order valence-corrected chi connectivity index (χ3v) is 4.12. The first-order valence-electron chi connectivity index (χ1n) is 7.34. The Bertz CT molecular complexity index is 960. The van der Waals surface area contributed by atoms with Gasteiger partial charge in [0.25, 0.3) is 0 Å². The van der Waals surface area contributed by atoms with Gasteiger partial charge < -0.3 is 11.2 Å². The highest BCUT2D eigenvalue weighted by Crippen LogP contribution is 2.20. The fourth-order valence-electron chi connectivity index (χ4n) is 2.23. The van der Waals surface area contributed by atoms with Crippen molar-refractivity contribution in [3.8, 4) is 6.07 Å². The lowest BCUT2D eigenvalue weighted by molar-refractivity contribution is 1.14. The van der Waals surface area contributed by atoms with E-state index in [0.29, 0.717) is 22.9 Å². The number of halogens is 1. The standard InChI is InChI=1S/C18H13BrN6/c19-15-4-2-1-3-14(15)17(25-21)16-9-10-22-18(24-16)23-13-7-5-12(11-20)6-8-13/h1-10H,21H2,(H,22,23,24)/b25-17-. The monoisotopic (exact) mass is 392 g/mol. The van der Waals surface area contributed by atoms with Gasteiger partial charge in [-0.15, -0.1) is 0 Å². The Balaban J connectivity index is 1.90. The van der Waals surface area contributed by atoms with Gasteiger partial charge in [-0.1, -0.05) is 34.1 Å². The lowest BCUT2D eigenvalue weighted by Crippen LogP contribution is -2.11. The first kappa shape index (κ1) is 16.6. The highest BCUT2D eigenvalue weighted by Gasteiger charge is 2.12. The number of hydrogen-bond acceptors (Lipinski definition) is 6. The Kier molecular flexibility index (Phi) is 5.02. The minimum Gasteiger partial charge on any atom is -0.324 e. The maximum atomic E-state index is 8.85. The molecular weight excluding hydrogens is 380 g/mol. The van der Waals surface area contributed by atoms with Crippen LogP contribution in [-0.4, -0.2) is 15.7 Å². The molecule has 0 atom stereocenters. The van der Waals surface area contributed by atoms with Gasteiger partial charge in [0.15, 0.2) is 0 Å². The molecule has 0 aliphatic carbocycles. The van der Waals surface area contributed by atoms with Crippen molar-refractivity contribution in [2.45, 2.75) is 0 Å². The quantitative estimate of drug-likeness (QED) is 0.401. The maximum absolute atomic E-state index is 8.85. The van der Waals surface area contributed by atoms with Gasteiger partial charge in [-0.3, -0.25) is 0 Å². The molecule has 0 unspecified atom stereocenters. The number of hydrogen-bond donors (Lipinski definition) is 2. The summed E-state index contributed by atoms with van der Waals surface area (Å²) in [6, 6.07) is 18.5. The van der Waals surface area contributed by atoms with Crippen LogP contribution >= 0.6 is 15.9 Å². The SMILES string of the molecule is N#Cc1ccc(Nc2nccc(/C(=N\N)c3ccccc3Br)n2)cc1. The lowest BCUT2D eigenvalue weighted by atomic mass is 10.1. The summed E-state index contributed by atoms with van der Waals surface area (Å²) in [6.07, 6.45) is 1.64. The zero-order chi connectivity index (χ0) is 17.6. The summed E-state index contributed by atoms with van der Waals surface area (Å²) in [6.45, 7) is 0. The third kappa shape index (κ3) is 3.82. The lowest BCUT2D eigenvalue weighted by Gasteiger charge is -2.09. The first-order chi connectivity index (χ1) is 12.2. The molecule has 0 bridgehead atoms. The summed E-state index contributed by atoms with van der Waals surface area (Å²) in [7, 11) is 0. The Morgan fingerprint density at radius 3 is 2.56 bits per heavy atom. The Hall–Kier alpha value is -3.24. The van der Waals surface area contributed by atoms with Crippen molar-refractivity contribution in [3.63, 3.8) is 0 Å². The number of nitrogens with zero attached hydrogens (tertiary/aromatic N) is 4. The van der Waals surface area contributed by atoms with Crippen LogP contribution in [-0.2, 0) is 0 Å². The highest BCUT2D eigenvalue weighted by atomic mass is 79.9. The maximum Gasteiger partial charge on any atom is 0.227 e. The minimum atomic E-state index is 0.412. The van der Waals surface area contributed by atoms with Crippen molar-refractivity contribution in [2.75, 3.05) is 5.32 Å². The Morgan fingerprint density at radius 2 is 1.88 bits per heavy atom. The van der Waals surface area contributed by atoms with E-state index in [0.717, 1.165) is 15.7 Å². The van der Waals surface area contributed by atoms with Crippen LogP contribution in [0.25, 0.3) is 0 Å². The summed E-state index contributed by atoms with van der Waals surface area (Å²) >= 11 is 3.50. The molecule has 3 aromatic rings. The summed E-state index contributed by atoms with van der Waals surface area (Å²) in [5.41, 5.74) is 3.36. The van der Waals surface area contributed by atoms with Gasteiger partial charge in [0.1, 0.15) is 5.71 Å². The molecule has 0 spiro atoms. The largest absolute Gasteiger partial charge is 0.324 e. The molecule has 1 aromatic heterocycles. The van der Waals surface area contributed by atoms with Gasteiger partial charge in [0, 0.05) is 21.9 Å². The van der Waals surface area contributed by atoms with Crippen molar-refractivity contribution >= 4 is 33.3 Å². The molecule has 0 saturated carbocycles. The fraction of sp³-hybridized carbons (Fsp3) is 0. The molecule has 7 heteroatoms. The van der Waals surface area contributed by atoms with Crippen LogP contribution in [0.5, 0.6) is 0 Å². The molecule has 2 aromatic carbocycles. The van der Waals surface area contributed by atoms with E-state index in [1.807, 2.05) is 24.3 Å². The molecule has 1 heterocycles. The van der Waals surface area contributed by atoms with E-state index in [1.54, 1.807) is 36.5 Å². The average Bonchev–Trinajstić information content (AvgIpc) is 2.65. The van der Waals surface area contributed by atoms with E-state index in [4.69, 9.17) is 11.1 Å². The zero-order valence-electron chi connectivity index (χ0n) is 13.0. The van der Waals surface area contributed by atoms with Crippen molar-refractivity contribution in [2.24, 2.45) is 10.9 Å². The predicted octanol–water partition coefficient (Wildman–Crippen LogP) is 3.57. The Labute approximate surface area is 153 Å². The summed E-state index contributed by atoms with van der Waals surface area (Å²) in [5.74, 6) is 6.01. The van der Waals surface area contributed by atoms with Crippen LogP contribution in [0.4, 0.5) is 11.6 Å². The second-order valence-corrected chi connectivity index (χ2v) is 5.89. The number of nitrogens with two attached hydrogens (primary N) is 1. The molecule has 0 amide bonds. The highest BCUT2D eigenvalue weighted by molar-refractivity contribution is 9.10. The topological polar surface area (TPSA) is 100.0 Å². The predicted molar refractivity (Wildman–Crippen MR) is 100 cm³/mol. The smallest absolute Gasteiger partial charge is 0.227 e. The number of nitrogens with one attached hydrogen (secondary N) is 1. The molecule has 0 radical (unpaired) electrons. The molecule has 0 fully saturated rings. The van der Waals surface area contributed by atoms with Gasteiger partial charge in [-0.2, -0.15) is 10.4 Å². The molecule has 25 heavy (non-hydrogen) atoms. The van der Waals surface area contributed by atoms with Crippen LogP contribution in [0, 0.1) is 11.3 Å².